The number of ether oxygens (including phenoxy) is 1. The molecule has 0 aromatic heterocycles. The van der Waals surface area contributed by atoms with Gasteiger partial charge in [-0.2, -0.15) is 0 Å². The molecular weight excluding hydrogens is 184 g/mol. The van der Waals surface area contributed by atoms with Gasteiger partial charge in [0.2, 0.25) is 0 Å². The first-order chi connectivity index (χ1) is 7.13. The highest BCUT2D eigenvalue weighted by Crippen LogP contribution is 2.21. The maximum Gasteiger partial charge on any atom is 0.122 e. The van der Waals surface area contributed by atoms with Crippen LogP contribution in [-0.4, -0.2) is 6.10 Å². The van der Waals surface area contributed by atoms with Crippen LogP contribution in [0.4, 0.5) is 0 Å². The lowest BCUT2D eigenvalue weighted by Gasteiger charge is -2.13. The van der Waals surface area contributed by atoms with Crippen molar-refractivity contribution in [3.8, 4) is 5.75 Å². The second-order valence-electron chi connectivity index (χ2n) is 3.63. The summed E-state index contributed by atoms with van der Waals surface area (Å²) in [5, 5.41) is 0. The molecule has 0 heterocycles. The van der Waals surface area contributed by atoms with Gasteiger partial charge in [-0.15, -0.1) is 0 Å². The lowest BCUT2D eigenvalue weighted by atomic mass is 10.1. The van der Waals surface area contributed by atoms with Gasteiger partial charge in [0.15, 0.2) is 0 Å². The van der Waals surface area contributed by atoms with Crippen LogP contribution in [-0.2, 0) is 6.42 Å². The molecule has 0 saturated carbocycles. The molecule has 15 heavy (non-hydrogen) atoms. The fourth-order valence-corrected chi connectivity index (χ4v) is 1.35. The standard InChI is InChI=1S/C12H18O.C2H6/c1-5-11-8-10(4)6-7-12(11)13-9(2)3;1-2/h6-9H,5H2,1-4H3;1-2H3. The monoisotopic (exact) mass is 208 g/mol. The molecule has 0 fully saturated rings. The Balaban J connectivity index is 0.000000921. The molecule has 0 amide bonds. The van der Waals surface area contributed by atoms with Crippen LogP contribution >= 0.6 is 0 Å². The zero-order valence-electron chi connectivity index (χ0n) is 10.9. The molecule has 1 nitrogen and oxygen atoms in total. The molecule has 0 aliphatic heterocycles. The van der Waals surface area contributed by atoms with Crippen LogP contribution in [0.5, 0.6) is 5.75 Å². The van der Waals surface area contributed by atoms with E-state index in [-0.39, 0.29) is 6.10 Å². The van der Waals surface area contributed by atoms with Crippen molar-refractivity contribution >= 4 is 0 Å². The van der Waals surface area contributed by atoms with Gasteiger partial charge in [0.1, 0.15) is 5.75 Å². The van der Waals surface area contributed by atoms with Gasteiger partial charge in [-0.05, 0) is 38.8 Å². The molecule has 0 aliphatic carbocycles. The first kappa shape index (κ1) is 14.0. The Bertz CT molecular complexity index is 277. The van der Waals surface area contributed by atoms with E-state index in [9.17, 15) is 0 Å². The van der Waals surface area contributed by atoms with Crippen LogP contribution in [0, 0.1) is 6.92 Å². The summed E-state index contributed by atoms with van der Waals surface area (Å²) in [4.78, 5) is 0. The number of aryl methyl sites for hydroxylation is 2. The van der Waals surface area contributed by atoms with Gasteiger partial charge >= 0.3 is 0 Å². The zero-order chi connectivity index (χ0) is 11.8. The molecule has 0 N–H and O–H groups in total. The smallest absolute Gasteiger partial charge is 0.122 e. The molecule has 1 rings (SSSR count). The van der Waals surface area contributed by atoms with Crippen molar-refractivity contribution in [1.82, 2.24) is 0 Å². The molecule has 0 radical (unpaired) electrons. The molecule has 0 saturated heterocycles. The Morgan fingerprint density at radius 3 is 2.27 bits per heavy atom. The number of benzene rings is 1. The number of rotatable bonds is 3. The minimum Gasteiger partial charge on any atom is -0.491 e. The lowest BCUT2D eigenvalue weighted by molar-refractivity contribution is 0.240. The Kier molecular flexibility index (Phi) is 6.85. The normalized spacial score (nSPS) is 9.53. The van der Waals surface area contributed by atoms with E-state index in [0.29, 0.717) is 0 Å². The van der Waals surface area contributed by atoms with E-state index in [4.69, 9.17) is 4.74 Å². The second-order valence-corrected chi connectivity index (χ2v) is 3.63. The SMILES string of the molecule is CC.CCc1cc(C)ccc1OC(C)C. The van der Waals surface area contributed by atoms with E-state index in [1.807, 2.05) is 13.8 Å². The summed E-state index contributed by atoms with van der Waals surface area (Å²) in [6.07, 6.45) is 1.29. The van der Waals surface area contributed by atoms with Crippen molar-refractivity contribution in [2.45, 2.75) is 54.1 Å². The first-order valence-corrected chi connectivity index (χ1v) is 5.89. The molecule has 0 unspecified atom stereocenters. The van der Waals surface area contributed by atoms with Crippen LogP contribution in [0.15, 0.2) is 18.2 Å². The van der Waals surface area contributed by atoms with Gasteiger partial charge in [-0.3, -0.25) is 0 Å². The Morgan fingerprint density at radius 1 is 1.20 bits per heavy atom. The molecule has 0 aliphatic rings. The van der Waals surface area contributed by atoms with E-state index in [1.54, 1.807) is 0 Å². The maximum absolute atomic E-state index is 5.69. The van der Waals surface area contributed by atoms with Crippen molar-refractivity contribution in [2.24, 2.45) is 0 Å². The van der Waals surface area contributed by atoms with Crippen LogP contribution < -0.4 is 4.74 Å². The third-order valence-corrected chi connectivity index (χ3v) is 1.96. The summed E-state index contributed by atoms with van der Waals surface area (Å²) in [5.74, 6) is 1.03. The largest absolute Gasteiger partial charge is 0.491 e. The Labute approximate surface area is 94.5 Å². The van der Waals surface area contributed by atoms with Gasteiger partial charge in [0.25, 0.3) is 0 Å². The number of hydrogen-bond donors (Lipinski definition) is 0. The Hall–Kier alpha value is -0.980. The van der Waals surface area contributed by atoms with Crippen LogP contribution in [0.25, 0.3) is 0 Å². The van der Waals surface area contributed by atoms with Gasteiger partial charge < -0.3 is 4.74 Å². The maximum atomic E-state index is 5.69. The van der Waals surface area contributed by atoms with Crippen molar-refractivity contribution in [3.63, 3.8) is 0 Å². The summed E-state index contributed by atoms with van der Waals surface area (Å²) in [7, 11) is 0. The Morgan fingerprint density at radius 2 is 1.80 bits per heavy atom. The average Bonchev–Trinajstić information content (AvgIpc) is 2.23. The van der Waals surface area contributed by atoms with Crippen LogP contribution in [0.2, 0.25) is 0 Å². The third-order valence-electron chi connectivity index (χ3n) is 1.96. The summed E-state index contributed by atoms with van der Waals surface area (Å²) in [5.41, 5.74) is 2.60. The number of hydrogen-bond acceptors (Lipinski definition) is 1. The summed E-state index contributed by atoms with van der Waals surface area (Å²) >= 11 is 0. The third kappa shape index (κ3) is 4.87. The molecular formula is C14H24O. The molecule has 1 heteroatoms. The van der Waals surface area contributed by atoms with Crippen molar-refractivity contribution in [1.29, 1.82) is 0 Å². The molecule has 86 valence electrons. The molecule has 0 bridgehead atoms. The zero-order valence-corrected chi connectivity index (χ0v) is 10.9. The van der Waals surface area contributed by atoms with Crippen LogP contribution in [0.3, 0.4) is 0 Å². The highest BCUT2D eigenvalue weighted by Gasteiger charge is 2.03. The molecule has 1 aromatic carbocycles. The minimum atomic E-state index is 0.257. The lowest BCUT2D eigenvalue weighted by Crippen LogP contribution is -2.07. The summed E-state index contributed by atoms with van der Waals surface area (Å²) in [6, 6.07) is 6.35. The van der Waals surface area contributed by atoms with E-state index >= 15 is 0 Å². The van der Waals surface area contributed by atoms with E-state index < -0.39 is 0 Å². The van der Waals surface area contributed by atoms with Crippen molar-refractivity contribution in [3.05, 3.63) is 29.3 Å². The topological polar surface area (TPSA) is 9.23 Å². The fourth-order valence-electron chi connectivity index (χ4n) is 1.35. The van der Waals surface area contributed by atoms with Gasteiger partial charge in [-0.25, -0.2) is 0 Å². The fraction of sp³-hybridized carbons (Fsp3) is 0.571. The van der Waals surface area contributed by atoms with Crippen LogP contribution in [0.1, 0.15) is 45.7 Å². The van der Waals surface area contributed by atoms with Gasteiger partial charge in [-0.1, -0.05) is 38.5 Å². The highest BCUT2D eigenvalue weighted by atomic mass is 16.5. The summed E-state index contributed by atoms with van der Waals surface area (Å²) in [6.45, 7) is 12.4. The molecule has 0 spiro atoms. The highest BCUT2D eigenvalue weighted by molar-refractivity contribution is 5.36. The van der Waals surface area contributed by atoms with Crippen molar-refractivity contribution in [2.75, 3.05) is 0 Å². The molecule has 0 atom stereocenters. The second kappa shape index (κ2) is 7.33. The minimum absolute atomic E-state index is 0.257. The first-order valence-electron chi connectivity index (χ1n) is 5.89. The van der Waals surface area contributed by atoms with Gasteiger partial charge in [0.05, 0.1) is 6.10 Å². The van der Waals surface area contributed by atoms with E-state index in [1.165, 1.54) is 11.1 Å². The van der Waals surface area contributed by atoms with E-state index in [0.717, 1.165) is 12.2 Å². The predicted molar refractivity (Wildman–Crippen MR) is 67.7 cm³/mol. The van der Waals surface area contributed by atoms with Gasteiger partial charge in [0, 0.05) is 0 Å². The van der Waals surface area contributed by atoms with E-state index in [2.05, 4.69) is 45.9 Å². The summed E-state index contributed by atoms with van der Waals surface area (Å²) < 4.78 is 5.69. The predicted octanol–water partition coefficient (Wildman–Crippen LogP) is 4.37. The quantitative estimate of drug-likeness (QED) is 0.716. The average molecular weight is 208 g/mol. The van der Waals surface area contributed by atoms with Crippen molar-refractivity contribution < 1.29 is 4.74 Å². The molecule has 1 aromatic rings.